The molecule has 0 amide bonds. The molecule has 0 aromatic heterocycles. The summed E-state index contributed by atoms with van der Waals surface area (Å²) >= 11 is 3.66. The maximum atomic E-state index is 9.11. The summed E-state index contributed by atoms with van der Waals surface area (Å²) in [5.41, 5.74) is 0.532. The largest absolute Gasteiger partial charge is 0.395 e. The fraction of sp³-hybridized carbons (Fsp3) is 1.00. The van der Waals surface area contributed by atoms with Crippen LogP contribution < -0.4 is 0 Å². The van der Waals surface area contributed by atoms with Gasteiger partial charge >= 0.3 is 0 Å². The molecule has 0 spiro atoms. The molecule has 0 heterocycles. The predicted octanol–water partition coefficient (Wildman–Crippen LogP) is 2.40. The van der Waals surface area contributed by atoms with Crippen LogP contribution in [0.4, 0.5) is 0 Å². The van der Waals surface area contributed by atoms with Gasteiger partial charge in [-0.2, -0.15) is 0 Å². The second-order valence-corrected chi connectivity index (χ2v) is 5.83. The monoisotopic (exact) mass is 275 g/mol. The first-order valence-electron chi connectivity index (χ1n) is 6.20. The number of alkyl halides is 1. The smallest absolute Gasteiger partial charge is 0.0558 e. The van der Waals surface area contributed by atoms with Gasteiger partial charge in [-0.15, -0.1) is 0 Å². The maximum absolute atomic E-state index is 9.11. The van der Waals surface area contributed by atoms with Crippen LogP contribution in [0, 0.1) is 5.41 Å². The van der Waals surface area contributed by atoms with Crippen molar-refractivity contribution in [2.45, 2.75) is 44.6 Å². The van der Waals surface area contributed by atoms with E-state index < -0.39 is 0 Å². The summed E-state index contributed by atoms with van der Waals surface area (Å²) in [7, 11) is 0. The Morgan fingerprint density at radius 1 is 1.27 bits per heavy atom. The molecule has 0 radical (unpaired) electrons. The molecule has 0 atom stereocenters. The third-order valence-electron chi connectivity index (χ3n) is 4.21. The molecule has 2 rings (SSSR count). The molecule has 0 bridgehead atoms. The highest BCUT2D eigenvalue weighted by Crippen LogP contribution is 2.44. The van der Waals surface area contributed by atoms with Gasteiger partial charge in [0.15, 0.2) is 0 Å². The topological polar surface area (TPSA) is 23.5 Å². The summed E-state index contributed by atoms with van der Waals surface area (Å²) < 4.78 is 0. The van der Waals surface area contributed by atoms with E-state index in [1.54, 1.807) is 0 Å². The van der Waals surface area contributed by atoms with Crippen molar-refractivity contribution in [1.29, 1.82) is 0 Å². The van der Waals surface area contributed by atoms with Gasteiger partial charge in [-0.1, -0.05) is 28.8 Å². The molecule has 88 valence electrons. The number of rotatable bonds is 6. The van der Waals surface area contributed by atoms with E-state index in [1.807, 2.05) is 0 Å². The molecule has 2 saturated carbocycles. The van der Waals surface area contributed by atoms with E-state index in [4.69, 9.17) is 5.11 Å². The van der Waals surface area contributed by atoms with Crippen molar-refractivity contribution in [2.24, 2.45) is 5.41 Å². The first kappa shape index (κ1) is 11.9. The van der Waals surface area contributed by atoms with E-state index in [0.29, 0.717) is 12.0 Å². The van der Waals surface area contributed by atoms with E-state index in [-0.39, 0.29) is 0 Å². The van der Waals surface area contributed by atoms with Crippen molar-refractivity contribution in [3.05, 3.63) is 0 Å². The fourth-order valence-electron chi connectivity index (χ4n) is 2.71. The average molecular weight is 276 g/mol. The van der Waals surface area contributed by atoms with Crippen LogP contribution in [0.3, 0.4) is 0 Å². The van der Waals surface area contributed by atoms with Crippen LogP contribution in [-0.4, -0.2) is 41.1 Å². The summed E-state index contributed by atoms with van der Waals surface area (Å²) in [4.78, 5) is 2.53. The lowest BCUT2D eigenvalue weighted by atomic mass is 9.69. The Kier molecular flexibility index (Phi) is 4.08. The highest BCUT2D eigenvalue weighted by atomic mass is 79.9. The standard InChI is InChI=1S/C12H22BrNO/c13-9-12(5-2-6-12)10-14(7-8-15)11-3-1-4-11/h11,15H,1-10H2. The number of hydrogen-bond donors (Lipinski definition) is 1. The zero-order chi connectivity index (χ0) is 10.7. The highest BCUT2D eigenvalue weighted by Gasteiger charge is 2.39. The molecule has 2 aliphatic carbocycles. The van der Waals surface area contributed by atoms with Crippen LogP contribution in [0.15, 0.2) is 0 Å². The minimum Gasteiger partial charge on any atom is -0.395 e. The van der Waals surface area contributed by atoms with Gasteiger partial charge in [-0.25, -0.2) is 0 Å². The van der Waals surface area contributed by atoms with Crippen molar-refractivity contribution in [1.82, 2.24) is 4.90 Å². The Morgan fingerprint density at radius 3 is 2.33 bits per heavy atom. The summed E-state index contributed by atoms with van der Waals surface area (Å²) in [5, 5.41) is 10.2. The Bertz CT molecular complexity index is 196. The van der Waals surface area contributed by atoms with Crippen LogP contribution in [-0.2, 0) is 0 Å². The molecule has 1 N–H and O–H groups in total. The lowest BCUT2D eigenvalue weighted by Crippen LogP contribution is -2.50. The zero-order valence-electron chi connectivity index (χ0n) is 9.42. The number of aliphatic hydroxyl groups excluding tert-OH is 1. The maximum Gasteiger partial charge on any atom is 0.0558 e. The number of hydrogen-bond acceptors (Lipinski definition) is 2. The summed E-state index contributed by atoms with van der Waals surface area (Å²) in [6.45, 7) is 2.39. The van der Waals surface area contributed by atoms with Crippen molar-refractivity contribution in [3.8, 4) is 0 Å². The summed E-state index contributed by atoms with van der Waals surface area (Å²) in [5.74, 6) is 0. The van der Waals surface area contributed by atoms with Gasteiger partial charge in [-0.05, 0) is 31.1 Å². The Labute approximate surface area is 101 Å². The van der Waals surface area contributed by atoms with Crippen LogP contribution in [0.2, 0.25) is 0 Å². The fourth-order valence-corrected chi connectivity index (χ4v) is 3.45. The van der Waals surface area contributed by atoms with E-state index in [2.05, 4.69) is 20.8 Å². The molecule has 15 heavy (non-hydrogen) atoms. The second-order valence-electron chi connectivity index (χ2n) is 5.27. The molecule has 2 nitrogen and oxygen atoms in total. The van der Waals surface area contributed by atoms with E-state index in [1.165, 1.54) is 45.1 Å². The second kappa shape index (κ2) is 5.15. The molecular formula is C12H22BrNO. The van der Waals surface area contributed by atoms with Gasteiger partial charge in [0, 0.05) is 24.5 Å². The van der Waals surface area contributed by atoms with Gasteiger partial charge in [0.25, 0.3) is 0 Å². The third-order valence-corrected chi connectivity index (χ3v) is 5.40. The number of aliphatic hydroxyl groups is 1. The molecular weight excluding hydrogens is 254 g/mol. The van der Waals surface area contributed by atoms with Crippen molar-refractivity contribution in [2.75, 3.05) is 25.0 Å². The van der Waals surface area contributed by atoms with Crippen molar-refractivity contribution < 1.29 is 5.11 Å². The Morgan fingerprint density at radius 2 is 2.00 bits per heavy atom. The highest BCUT2D eigenvalue weighted by molar-refractivity contribution is 9.09. The molecule has 3 heteroatoms. The first-order valence-corrected chi connectivity index (χ1v) is 7.33. The predicted molar refractivity (Wildman–Crippen MR) is 66.4 cm³/mol. The van der Waals surface area contributed by atoms with Crippen LogP contribution in [0.1, 0.15) is 38.5 Å². The van der Waals surface area contributed by atoms with Crippen molar-refractivity contribution in [3.63, 3.8) is 0 Å². The summed E-state index contributed by atoms with van der Waals surface area (Å²) in [6, 6.07) is 0.772. The van der Waals surface area contributed by atoms with Crippen molar-refractivity contribution >= 4 is 15.9 Å². The third kappa shape index (κ3) is 2.56. The van der Waals surface area contributed by atoms with Gasteiger partial charge in [-0.3, -0.25) is 4.90 Å². The van der Waals surface area contributed by atoms with E-state index in [9.17, 15) is 0 Å². The van der Waals surface area contributed by atoms with E-state index >= 15 is 0 Å². The Hall–Kier alpha value is 0.400. The van der Waals surface area contributed by atoms with E-state index in [0.717, 1.165) is 17.9 Å². The molecule has 0 aliphatic heterocycles. The van der Waals surface area contributed by atoms with Gasteiger partial charge in [0.2, 0.25) is 0 Å². The SMILES string of the molecule is OCCN(CC1(CBr)CCC1)C1CCC1. The number of halogens is 1. The minimum absolute atomic E-state index is 0.314. The number of nitrogens with zero attached hydrogens (tertiary/aromatic N) is 1. The Balaban J connectivity index is 1.86. The molecule has 0 saturated heterocycles. The zero-order valence-corrected chi connectivity index (χ0v) is 11.0. The normalized spacial score (nSPS) is 25.0. The molecule has 0 aromatic rings. The van der Waals surface area contributed by atoms with Gasteiger partial charge < -0.3 is 5.11 Å². The minimum atomic E-state index is 0.314. The van der Waals surface area contributed by atoms with Crippen LogP contribution in [0.25, 0.3) is 0 Å². The summed E-state index contributed by atoms with van der Waals surface area (Å²) in [6.07, 6.45) is 8.20. The van der Waals surface area contributed by atoms with Crippen LogP contribution >= 0.6 is 15.9 Å². The lowest BCUT2D eigenvalue weighted by Gasteiger charge is -2.48. The first-order chi connectivity index (χ1) is 7.29. The quantitative estimate of drug-likeness (QED) is 0.753. The molecule has 2 fully saturated rings. The van der Waals surface area contributed by atoms with Gasteiger partial charge in [0.05, 0.1) is 6.61 Å². The molecule has 0 unspecified atom stereocenters. The molecule has 0 aromatic carbocycles. The molecule has 2 aliphatic rings. The van der Waals surface area contributed by atoms with Gasteiger partial charge in [0.1, 0.15) is 0 Å². The average Bonchev–Trinajstić information content (AvgIpc) is 2.08. The lowest BCUT2D eigenvalue weighted by molar-refractivity contribution is 0.0279. The van der Waals surface area contributed by atoms with Crippen LogP contribution in [0.5, 0.6) is 0 Å².